The van der Waals surface area contributed by atoms with E-state index >= 15 is 0 Å². The van der Waals surface area contributed by atoms with Crippen LogP contribution in [-0.2, 0) is 0 Å². The number of ether oxygens (including phenoxy) is 1. The molecule has 1 amide bonds. The molecule has 0 saturated heterocycles. The van der Waals surface area contributed by atoms with Crippen LogP contribution in [0.2, 0.25) is 0 Å². The van der Waals surface area contributed by atoms with E-state index in [9.17, 15) is 4.79 Å². The minimum absolute atomic E-state index is 0.255. The Balaban J connectivity index is 1.38. The third kappa shape index (κ3) is 3.96. The van der Waals surface area contributed by atoms with Crippen molar-refractivity contribution in [3.8, 4) is 23.0 Å². The molecule has 0 atom stereocenters. The van der Waals surface area contributed by atoms with Crippen molar-refractivity contribution in [3.05, 3.63) is 76.1 Å². The molecule has 33 heavy (non-hydrogen) atoms. The van der Waals surface area contributed by atoms with Gasteiger partial charge in [0, 0.05) is 17.0 Å². The van der Waals surface area contributed by atoms with E-state index in [0.29, 0.717) is 34.3 Å². The number of nitrogens with zero attached hydrogens (tertiary/aromatic N) is 4. The summed E-state index contributed by atoms with van der Waals surface area (Å²) in [5.74, 6) is 1.22. The first-order valence-corrected chi connectivity index (χ1v) is 10.8. The Bertz CT molecular complexity index is 1480. The highest BCUT2D eigenvalue weighted by Gasteiger charge is 2.20. The second kappa shape index (κ2) is 8.47. The molecule has 0 aliphatic heterocycles. The fourth-order valence-electron chi connectivity index (χ4n) is 3.45. The van der Waals surface area contributed by atoms with Gasteiger partial charge in [-0.3, -0.25) is 4.79 Å². The Morgan fingerprint density at radius 3 is 2.76 bits per heavy atom. The number of tetrazole rings is 1. The molecule has 0 bridgehead atoms. The Labute approximate surface area is 196 Å². The van der Waals surface area contributed by atoms with Crippen LogP contribution >= 0.6 is 15.9 Å². The lowest BCUT2D eigenvalue weighted by Gasteiger charge is -2.11. The average molecular weight is 505 g/mol. The van der Waals surface area contributed by atoms with Crippen LogP contribution in [0.4, 0.5) is 5.69 Å². The van der Waals surface area contributed by atoms with Gasteiger partial charge in [-0.25, -0.2) is 4.98 Å². The highest BCUT2D eigenvalue weighted by atomic mass is 79.9. The number of fused-ring (bicyclic) bond motifs is 1. The number of halogens is 1. The van der Waals surface area contributed by atoms with Crippen molar-refractivity contribution in [2.45, 2.75) is 13.8 Å². The number of amides is 1. The van der Waals surface area contributed by atoms with E-state index in [0.717, 1.165) is 21.0 Å². The molecule has 164 valence electrons. The number of aromatic amines is 1. The summed E-state index contributed by atoms with van der Waals surface area (Å²) in [6.07, 6.45) is 1.55. The molecule has 0 fully saturated rings. The van der Waals surface area contributed by atoms with Gasteiger partial charge in [-0.1, -0.05) is 24.3 Å². The van der Waals surface area contributed by atoms with E-state index in [2.05, 4.69) is 46.9 Å². The minimum atomic E-state index is -0.350. The Morgan fingerprint density at radius 1 is 1.15 bits per heavy atom. The van der Waals surface area contributed by atoms with E-state index in [1.807, 2.05) is 50.2 Å². The maximum Gasteiger partial charge on any atom is 0.291 e. The third-order valence-electron chi connectivity index (χ3n) is 5.14. The predicted octanol–water partition coefficient (Wildman–Crippen LogP) is 5.43. The van der Waals surface area contributed by atoms with Gasteiger partial charge in [0.25, 0.3) is 5.91 Å². The number of hydrogen-bond donors (Lipinski definition) is 2. The highest BCUT2D eigenvalue weighted by Crippen LogP contribution is 2.33. The summed E-state index contributed by atoms with van der Waals surface area (Å²) < 4.78 is 12.6. The monoisotopic (exact) mass is 504 g/mol. The molecular weight excluding hydrogens is 488 g/mol. The summed E-state index contributed by atoms with van der Waals surface area (Å²) in [7, 11) is 0. The van der Waals surface area contributed by atoms with Gasteiger partial charge in [-0.2, -0.15) is 5.21 Å². The smallest absolute Gasteiger partial charge is 0.291 e. The molecule has 0 spiro atoms. The van der Waals surface area contributed by atoms with Crippen LogP contribution in [0.3, 0.4) is 0 Å². The normalized spacial score (nSPS) is 11.0. The van der Waals surface area contributed by atoms with E-state index in [1.54, 1.807) is 18.3 Å². The van der Waals surface area contributed by atoms with Gasteiger partial charge in [-0.15, -0.1) is 10.2 Å². The first-order valence-electron chi connectivity index (χ1n) is 9.97. The number of furan rings is 1. The summed E-state index contributed by atoms with van der Waals surface area (Å²) in [6.45, 7) is 3.72. The second-order valence-electron chi connectivity index (χ2n) is 7.30. The van der Waals surface area contributed by atoms with Crippen LogP contribution < -0.4 is 10.1 Å². The van der Waals surface area contributed by atoms with Crippen molar-refractivity contribution >= 4 is 38.5 Å². The number of rotatable bonds is 5. The second-order valence-corrected chi connectivity index (χ2v) is 8.15. The van der Waals surface area contributed by atoms with Gasteiger partial charge in [-0.05, 0) is 58.8 Å². The summed E-state index contributed by atoms with van der Waals surface area (Å²) >= 11 is 3.46. The van der Waals surface area contributed by atoms with Crippen LogP contribution in [0.15, 0.2) is 63.6 Å². The van der Waals surface area contributed by atoms with E-state index in [-0.39, 0.29) is 11.7 Å². The number of H-pyrrole nitrogens is 1. The Kier molecular flexibility index (Phi) is 5.35. The Morgan fingerprint density at radius 2 is 2.00 bits per heavy atom. The van der Waals surface area contributed by atoms with Crippen LogP contribution in [0.5, 0.6) is 11.6 Å². The fraction of sp³-hybridized carbons (Fsp3) is 0.0870. The van der Waals surface area contributed by atoms with Crippen molar-refractivity contribution in [1.82, 2.24) is 25.6 Å². The quantitative estimate of drug-likeness (QED) is 0.327. The molecule has 5 aromatic rings. The number of carbonyl (C=O) groups excluding carboxylic acids is 1. The zero-order chi connectivity index (χ0) is 22.9. The van der Waals surface area contributed by atoms with Gasteiger partial charge in [0.2, 0.25) is 11.7 Å². The molecule has 0 unspecified atom stereocenters. The molecule has 5 rings (SSSR count). The molecule has 2 N–H and O–H groups in total. The summed E-state index contributed by atoms with van der Waals surface area (Å²) in [6, 6.07) is 14.8. The molecule has 0 saturated carbocycles. The molecular formula is C23H17BrN6O3. The lowest BCUT2D eigenvalue weighted by Crippen LogP contribution is -2.13. The number of benzene rings is 2. The van der Waals surface area contributed by atoms with Crippen molar-refractivity contribution in [3.63, 3.8) is 0 Å². The fourth-order valence-corrected chi connectivity index (χ4v) is 3.90. The summed E-state index contributed by atoms with van der Waals surface area (Å²) in [5, 5.41) is 17.8. The van der Waals surface area contributed by atoms with Crippen molar-refractivity contribution in [2.75, 3.05) is 5.32 Å². The Hall–Kier alpha value is -4.05. The number of aryl methyl sites for hydroxylation is 2. The zero-order valence-corrected chi connectivity index (χ0v) is 19.2. The lowest BCUT2D eigenvalue weighted by atomic mass is 10.1. The van der Waals surface area contributed by atoms with Crippen molar-refractivity contribution in [1.29, 1.82) is 0 Å². The van der Waals surface area contributed by atoms with Crippen molar-refractivity contribution < 1.29 is 13.9 Å². The first kappa shape index (κ1) is 20.8. The SMILES string of the molecule is Cc1cc(Oc2ccccc2-c2nn[nH]n2)ncc1NC(=O)c1oc2c(Br)cccc2c1C. The molecule has 3 heterocycles. The maximum atomic E-state index is 12.9. The van der Waals surface area contributed by atoms with E-state index < -0.39 is 0 Å². The van der Waals surface area contributed by atoms with Gasteiger partial charge in [0.15, 0.2) is 5.76 Å². The molecule has 2 aromatic carbocycles. The molecule has 9 nitrogen and oxygen atoms in total. The maximum absolute atomic E-state index is 12.9. The molecule has 3 aromatic heterocycles. The summed E-state index contributed by atoms with van der Waals surface area (Å²) in [4.78, 5) is 17.3. The number of hydrogen-bond acceptors (Lipinski definition) is 7. The minimum Gasteiger partial charge on any atom is -0.449 e. The standard InChI is InChI=1S/C23H17BrN6O3/c1-12-10-19(32-18-9-4-3-6-15(18)22-27-29-30-28-22)25-11-17(12)26-23(31)20-13(2)14-7-5-8-16(24)21(14)33-20/h3-11H,1-2H3,(H,26,31)(H,27,28,29,30). The lowest BCUT2D eigenvalue weighted by molar-refractivity contribution is 0.0997. The van der Waals surface area contributed by atoms with Crippen LogP contribution in [0, 0.1) is 13.8 Å². The van der Waals surface area contributed by atoms with Gasteiger partial charge < -0.3 is 14.5 Å². The van der Waals surface area contributed by atoms with Gasteiger partial charge >= 0.3 is 0 Å². The number of anilines is 1. The highest BCUT2D eigenvalue weighted by molar-refractivity contribution is 9.10. The van der Waals surface area contributed by atoms with Gasteiger partial charge in [0.1, 0.15) is 11.3 Å². The molecule has 0 radical (unpaired) electrons. The van der Waals surface area contributed by atoms with Crippen LogP contribution in [0.1, 0.15) is 21.7 Å². The molecule has 0 aliphatic carbocycles. The van der Waals surface area contributed by atoms with E-state index in [1.165, 1.54) is 0 Å². The summed E-state index contributed by atoms with van der Waals surface area (Å²) in [5.41, 5.74) is 3.42. The predicted molar refractivity (Wildman–Crippen MR) is 125 cm³/mol. The first-order chi connectivity index (χ1) is 16.0. The number of nitrogens with one attached hydrogen (secondary N) is 2. The van der Waals surface area contributed by atoms with Crippen LogP contribution in [-0.4, -0.2) is 31.5 Å². The van der Waals surface area contributed by atoms with Crippen molar-refractivity contribution in [2.24, 2.45) is 0 Å². The largest absolute Gasteiger partial charge is 0.449 e. The number of para-hydroxylation sites is 2. The topological polar surface area (TPSA) is 119 Å². The number of carbonyl (C=O) groups is 1. The number of pyridine rings is 1. The molecule has 10 heteroatoms. The molecule has 0 aliphatic rings. The number of aromatic nitrogens is 5. The average Bonchev–Trinajstić information content (AvgIpc) is 3.45. The zero-order valence-electron chi connectivity index (χ0n) is 17.6. The van der Waals surface area contributed by atoms with E-state index in [4.69, 9.17) is 9.15 Å². The van der Waals surface area contributed by atoms with Gasteiger partial charge in [0.05, 0.1) is 21.9 Å². The van der Waals surface area contributed by atoms with Crippen LogP contribution in [0.25, 0.3) is 22.4 Å². The third-order valence-corrected chi connectivity index (χ3v) is 5.77.